The van der Waals surface area contributed by atoms with E-state index in [2.05, 4.69) is 42.4 Å². The Morgan fingerprint density at radius 2 is 1.96 bits per heavy atom. The fraction of sp³-hybridized carbons (Fsp3) is 0.100. The monoisotopic (exact) mass is 505 g/mol. The van der Waals surface area contributed by atoms with Crippen LogP contribution in [0.5, 0.6) is 11.5 Å². The van der Waals surface area contributed by atoms with Crippen LogP contribution in [-0.2, 0) is 4.79 Å². The summed E-state index contributed by atoms with van der Waals surface area (Å²) in [4.78, 5) is 12.0. The van der Waals surface area contributed by atoms with Gasteiger partial charge in [-0.05, 0) is 70.5 Å². The summed E-state index contributed by atoms with van der Waals surface area (Å²) in [7, 11) is 1.63. The molecule has 8 heteroatoms. The molecule has 0 saturated heterocycles. The van der Waals surface area contributed by atoms with Crippen molar-refractivity contribution in [2.24, 2.45) is 5.10 Å². The summed E-state index contributed by atoms with van der Waals surface area (Å²) in [6, 6.07) is 16.9. The Bertz CT molecular complexity index is 985. The first-order valence-electron chi connectivity index (χ1n) is 8.28. The van der Waals surface area contributed by atoms with Gasteiger partial charge in [-0.3, -0.25) is 4.79 Å². The molecular weight excluding hydrogens is 490 g/mol. The molecule has 0 aliphatic rings. The van der Waals surface area contributed by atoms with Gasteiger partial charge in [0.1, 0.15) is 11.5 Å². The summed E-state index contributed by atoms with van der Waals surface area (Å²) in [5, 5.41) is 4.01. The quantitative estimate of drug-likeness (QED) is 0.378. The van der Waals surface area contributed by atoms with Gasteiger partial charge < -0.3 is 14.0 Å². The number of benzene rings is 2. The first-order chi connectivity index (χ1) is 13.6. The van der Waals surface area contributed by atoms with Crippen LogP contribution in [0.2, 0.25) is 0 Å². The summed E-state index contributed by atoms with van der Waals surface area (Å²) in [6.07, 6.45) is 3.50. The molecule has 0 spiro atoms. The normalized spacial score (nSPS) is 10.8. The van der Waals surface area contributed by atoms with Crippen molar-refractivity contribution in [3.05, 3.63) is 75.4 Å². The minimum atomic E-state index is -0.353. The van der Waals surface area contributed by atoms with Crippen LogP contribution < -0.4 is 14.9 Å². The molecule has 144 valence electrons. The van der Waals surface area contributed by atoms with Gasteiger partial charge in [-0.1, -0.05) is 15.9 Å². The molecule has 3 aromatic rings. The smallest absolute Gasteiger partial charge is 0.277 e. The number of ether oxygens (including phenoxy) is 2. The first-order valence-corrected chi connectivity index (χ1v) is 9.87. The number of hydrazone groups is 1. The number of nitrogens with one attached hydrogen (secondary N) is 1. The fourth-order valence-electron chi connectivity index (χ4n) is 2.42. The van der Waals surface area contributed by atoms with Crippen LogP contribution in [0.3, 0.4) is 0 Å². The van der Waals surface area contributed by atoms with Crippen molar-refractivity contribution in [2.45, 2.75) is 0 Å². The number of carbonyl (C=O) groups excluding carboxylic acids is 1. The third-order valence-electron chi connectivity index (χ3n) is 3.77. The van der Waals surface area contributed by atoms with E-state index in [1.165, 1.54) is 0 Å². The minimum absolute atomic E-state index is 0.142. The highest BCUT2D eigenvalue weighted by Gasteiger charge is 2.06. The molecule has 1 heterocycles. The molecule has 0 radical (unpaired) electrons. The second kappa shape index (κ2) is 9.57. The molecule has 0 aliphatic heterocycles. The second-order valence-corrected chi connectivity index (χ2v) is 7.43. The van der Waals surface area contributed by atoms with Crippen LogP contribution >= 0.6 is 31.9 Å². The van der Waals surface area contributed by atoms with E-state index in [1.54, 1.807) is 19.4 Å². The Kier molecular flexibility index (Phi) is 6.89. The number of nitrogens with zero attached hydrogens (tertiary/aromatic N) is 2. The maximum atomic E-state index is 12.0. The van der Waals surface area contributed by atoms with Crippen molar-refractivity contribution >= 4 is 44.0 Å². The summed E-state index contributed by atoms with van der Waals surface area (Å²) in [5.41, 5.74) is 4.25. The molecule has 1 N–H and O–H groups in total. The number of amides is 1. The lowest BCUT2D eigenvalue weighted by atomic mass is 10.3. The van der Waals surface area contributed by atoms with Gasteiger partial charge in [0.05, 0.1) is 23.5 Å². The van der Waals surface area contributed by atoms with Gasteiger partial charge in [0, 0.05) is 16.4 Å². The van der Waals surface area contributed by atoms with Crippen molar-refractivity contribution < 1.29 is 14.3 Å². The van der Waals surface area contributed by atoms with Crippen molar-refractivity contribution in [1.82, 2.24) is 9.99 Å². The average molecular weight is 507 g/mol. The van der Waals surface area contributed by atoms with Crippen molar-refractivity contribution in [3.63, 3.8) is 0 Å². The van der Waals surface area contributed by atoms with Crippen LogP contribution in [0.25, 0.3) is 5.69 Å². The third kappa shape index (κ3) is 5.24. The molecule has 2 aromatic carbocycles. The highest BCUT2D eigenvalue weighted by molar-refractivity contribution is 9.11. The number of aromatic nitrogens is 1. The van der Waals surface area contributed by atoms with Crippen LogP contribution in [0.1, 0.15) is 5.69 Å². The molecule has 1 aromatic heterocycles. The van der Waals surface area contributed by atoms with E-state index < -0.39 is 0 Å². The largest absolute Gasteiger partial charge is 0.497 e. The lowest BCUT2D eigenvalue weighted by Crippen LogP contribution is -2.24. The topological polar surface area (TPSA) is 64.8 Å². The molecule has 0 atom stereocenters. The van der Waals surface area contributed by atoms with E-state index in [1.807, 2.05) is 59.3 Å². The molecular formula is C20H17Br2N3O3. The van der Waals surface area contributed by atoms with Crippen LogP contribution in [0.4, 0.5) is 0 Å². The molecule has 3 rings (SSSR count). The van der Waals surface area contributed by atoms with Gasteiger partial charge in [0.15, 0.2) is 6.61 Å². The van der Waals surface area contributed by atoms with Crippen molar-refractivity contribution in [3.8, 4) is 17.2 Å². The lowest BCUT2D eigenvalue weighted by molar-refractivity contribution is -0.123. The lowest BCUT2D eigenvalue weighted by Gasteiger charge is -2.08. The second-order valence-electron chi connectivity index (χ2n) is 5.66. The Labute approximate surface area is 179 Å². The van der Waals surface area contributed by atoms with Gasteiger partial charge in [0.25, 0.3) is 5.91 Å². The van der Waals surface area contributed by atoms with Gasteiger partial charge in [-0.25, -0.2) is 5.43 Å². The average Bonchev–Trinajstić information content (AvgIpc) is 3.16. The minimum Gasteiger partial charge on any atom is -0.497 e. The molecule has 0 bridgehead atoms. The number of carbonyl (C=O) groups is 1. The van der Waals surface area contributed by atoms with Gasteiger partial charge in [0.2, 0.25) is 0 Å². The SMILES string of the molecule is COc1ccc(-n2cccc2/C=N/NC(=O)COc2ccc(Br)cc2Br)cc1. The Morgan fingerprint density at radius 3 is 2.68 bits per heavy atom. The van der Waals surface area contributed by atoms with E-state index in [4.69, 9.17) is 9.47 Å². The summed E-state index contributed by atoms with van der Waals surface area (Å²) < 4.78 is 14.3. The van der Waals surface area contributed by atoms with E-state index in [-0.39, 0.29) is 12.5 Å². The Morgan fingerprint density at radius 1 is 1.18 bits per heavy atom. The van der Waals surface area contributed by atoms with Gasteiger partial charge >= 0.3 is 0 Å². The van der Waals surface area contributed by atoms with Crippen molar-refractivity contribution in [1.29, 1.82) is 0 Å². The first kappa shape index (κ1) is 20.2. The predicted molar refractivity (Wildman–Crippen MR) is 115 cm³/mol. The zero-order valence-corrected chi connectivity index (χ0v) is 18.1. The predicted octanol–water partition coefficient (Wildman–Crippen LogP) is 4.54. The van der Waals surface area contributed by atoms with E-state index >= 15 is 0 Å². The zero-order chi connectivity index (χ0) is 19.9. The molecule has 6 nitrogen and oxygen atoms in total. The van der Waals surface area contributed by atoms with Crippen molar-refractivity contribution in [2.75, 3.05) is 13.7 Å². The molecule has 0 fully saturated rings. The van der Waals surface area contributed by atoms with E-state index in [9.17, 15) is 4.79 Å². The maximum Gasteiger partial charge on any atom is 0.277 e. The van der Waals surface area contributed by atoms with Crippen LogP contribution in [0, 0.1) is 0 Å². The Balaban J connectivity index is 1.57. The molecule has 0 saturated carbocycles. The molecule has 1 amide bonds. The van der Waals surface area contributed by atoms with Gasteiger partial charge in [-0.15, -0.1) is 0 Å². The van der Waals surface area contributed by atoms with Gasteiger partial charge in [-0.2, -0.15) is 5.10 Å². The molecule has 0 unspecified atom stereocenters. The number of halogens is 2. The summed E-state index contributed by atoms with van der Waals surface area (Å²) >= 11 is 6.76. The number of methoxy groups -OCH3 is 1. The summed E-state index contributed by atoms with van der Waals surface area (Å²) in [5.74, 6) is 1.01. The number of hydrogen-bond acceptors (Lipinski definition) is 4. The maximum absolute atomic E-state index is 12.0. The number of rotatable bonds is 7. The van der Waals surface area contributed by atoms with Crippen LogP contribution in [0.15, 0.2) is 74.8 Å². The zero-order valence-electron chi connectivity index (χ0n) is 14.9. The molecule has 28 heavy (non-hydrogen) atoms. The van der Waals surface area contributed by atoms with E-state index in [0.717, 1.165) is 26.1 Å². The van der Waals surface area contributed by atoms with Crippen LogP contribution in [-0.4, -0.2) is 30.4 Å². The van der Waals surface area contributed by atoms with E-state index in [0.29, 0.717) is 5.75 Å². The summed E-state index contributed by atoms with van der Waals surface area (Å²) in [6.45, 7) is -0.142. The third-order valence-corrected chi connectivity index (χ3v) is 4.88. The number of hydrogen-bond donors (Lipinski definition) is 1. The highest BCUT2D eigenvalue weighted by atomic mass is 79.9. The Hall–Kier alpha value is -2.58. The fourth-order valence-corrected chi connectivity index (χ4v) is 3.58. The standard InChI is InChI=1S/C20H17Br2N3O3/c1-27-17-7-5-15(6-8-17)25-10-2-3-16(25)12-23-24-20(26)13-28-19-9-4-14(21)11-18(19)22/h2-12H,13H2,1H3,(H,24,26)/b23-12+. The molecule has 0 aliphatic carbocycles. The highest BCUT2D eigenvalue weighted by Crippen LogP contribution is 2.28.